The molecule has 10 heavy (non-hydrogen) atoms. The van der Waals surface area contributed by atoms with E-state index in [0.29, 0.717) is 17.7 Å². The zero-order valence-corrected chi connectivity index (χ0v) is 9.53. The molecule has 0 amide bonds. The van der Waals surface area contributed by atoms with Gasteiger partial charge in [0.05, 0.1) is 0 Å². The second-order valence-corrected chi connectivity index (χ2v) is 2.03. The summed E-state index contributed by atoms with van der Waals surface area (Å²) in [4.78, 5) is 10.8. The Kier molecular flexibility index (Phi) is 7.83. The number of Topliss-reactive ketones (excluding diaryl/α,β-unsaturated/α-hetero) is 1. The number of carbonyl (C=O) groups is 1. The first kappa shape index (κ1) is 12.9. The molecule has 0 aliphatic rings. The Morgan fingerprint density at radius 2 is 1.80 bits per heavy atom. The number of rotatable bonds is 2. The summed E-state index contributed by atoms with van der Waals surface area (Å²) in [6.07, 6.45) is 0.502. The Labute approximate surface area is 87.1 Å². The molecule has 55 valence electrons. The first-order valence-corrected chi connectivity index (χ1v) is 3.01. The van der Waals surface area contributed by atoms with Crippen LogP contribution in [0.2, 0.25) is 0 Å². The van der Waals surface area contributed by atoms with Gasteiger partial charge in [0.1, 0.15) is 0 Å². The largest absolute Gasteiger partial charge is 0.702 e. The zero-order chi connectivity index (χ0) is 7.44. The molecule has 0 saturated heterocycles. The van der Waals surface area contributed by atoms with Crippen LogP contribution in [0.4, 0.5) is 0 Å². The molecule has 0 bridgehead atoms. The van der Waals surface area contributed by atoms with Gasteiger partial charge in [-0.3, -0.25) is 4.79 Å². The molecule has 0 aromatic rings. The third kappa shape index (κ3) is 4.18. The smallest absolute Gasteiger partial charge is 0.156 e. The molecule has 2 nitrogen and oxygen atoms in total. The number of hydrogen-bond donors (Lipinski definition) is 0. The van der Waals surface area contributed by atoms with Crippen LogP contribution in [0.25, 0.3) is 5.73 Å². The van der Waals surface area contributed by atoms with Crippen LogP contribution in [0.15, 0.2) is 11.3 Å². The molecule has 0 unspecified atom stereocenters. The quantitative estimate of drug-likeness (QED) is 0.651. The predicted octanol–water partition coefficient (Wildman–Crippen LogP) is 2.31. The first-order chi connectivity index (χ1) is 4.09. The maximum Gasteiger partial charge on any atom is 0.156 e. The summed E-state index contributed by atoms with van der Waals surface area (Å²) in [6.45, 7) is 5.12. The van der Waals surface area contributed by atoms with Crippen molar-refractivity contribution in [1.29, 1.82) is 0 Å². The third-order valence-corrected chi connectivity index (χ3v) is 1.30. The summed E-state index contributed by atoms with van der Waals surface area (Å²) < 4.78 is 0. The van der Waals surface area contributed by atoms with Crippen LogP contribution in [0.5, 0.6) is 0 Å². The fourth-order valence-electron chi connectivity index (χ4n) is 0.474. The molecule has 1 radical (unpaired) electrons. The van der Waals surface area contributed by atoms with Crippen LogP contribution in [-0.2, 0) is 37.5 Å². The van der Waals surface area contributed by atoms with E-state index < -0.39 is 0 Å². The van der Waals surface area contributed by atoms with Gasteiger partial charge in [-0.2, -0.15) is 5.70 Å². The Hall–Kier alpha value is 0.314. The van der Waals surface area contributed by atoms with Crippen molar-refractivity contribution < 1.29 is 37.5 Å². The van der Waals surface area contributed by atoms with Crippen molar-refractivity contribution in [2.45, 2.75) is 27.2 Å². The fraction of sp³-hybridized carbons (Fsp3) is 0.571. The molecule has 0 saturated carbocycles. The number of allylic oxidation sites excluding steroid dienone is 2. The van der Waals surface area contributed by atoms with E-state index in [4.69, 9.17) is 5.73 Å². The Morgan fingerprint density at radius 1 is 1.40 bits per heavy atom. The average molecular weight is 215 g/mol. The summed E-state index contributed by atoms with van der Waals surface area (Å²) in [6, 6.07) is 0. The average Bonchev–Trinajstić information content (AvgIpc) is 1.84. The molecule has 0 rings (SSSR count). The molecule has 0 aromatic carbocycles. The first-order valence-electron chi connectivity index (χ1n) is 3.01. The second kappa shape index (κ2) is 6.05. The standard InChI is InChI=1S/C7H13NO.Y/c1-4-7(9)5(2)6(3)8;/h4H2,1-3H3,(H2,8,9);/p-1. The van der Waals surface area contributed by atoms with Gasteiger partial charge in [-0.1, -0.05) is 13.8 Å². The topological polar surface area (TPSA) is 40.9 Å². The van der Waals surface area contributed by atoms with Crippen molar-refractivity contribution in [2.75, 3.05) is 0 Å². The summed E-state index contributed by atoms with van der Waals surface area (Å²) in [5.74, 6) is 0.0718. The van der Waals surface area contributed by atoms with Gasteiger partial charge < -0.3 is 5.73 Å². The summed E-state index contributed by atoms with van der Waals surface area (Å²) in [7, 11) is 0. The van der Waals surface area contributed by atoms with Gasteiger partial charge in [0, 0.05) is 39.1 Å². The van der Waals surface area contributed by atoms with E-state index in [1.165, 1.54) is 0 Å². The van der Waals surface area contributed by atoms with Gasteiger partial charge in [-0.05, 0) is 12.5 Å². The Balaban J connectivity index is 0. The Morgan fingerprint density at radius 3 is 1.90 bits per heavy atom. The number of hydrogen-bond acceptors (Lipinski definition) is 1. The van der Waals surface area contributed by atoms with E-state index in [9.17, 15) is 4.79 Å². The number of ketones is 1. The summed E-state index contributed by atoms with van der Waals surface area (Å²) in [5.41, 5.74) is 8.03. The van der Waals surface area contributed by atoms with Gasteiger partial charge in [-0.15, -0.1) is 0 Å². The van der Waals surface area contributed by atoms with Gasteiger partial charge in [-0.25, -0.2) is 0 Å². The maximum atomic E-state index is 10.8. The third-order valence-electron chi connectivity index (χ3n) is 1.30. The normalized spacial score (nSPS) is 11.5. The fourth-order valence-corrected chi connectivity index (χ4v) is 0.474. The van der Waals surface area contributed by atoms with Crippen LogP contribution in [0, 0.1) is 0 Å². The van der Waals surface area contributed by atoms with Crippen LogP contribution in [0.3, 0.4) is 0 Å². The van der Waals surface area contributed by atoms with Crippen LogP contribution >= 0.6 is 0 Å². The molecular formula is C7H12NOY-. The summed E-state index contributed by atoms with van der Waals surface area (Å²) in [5, 5.41) is 0. The van der Waals surface area contributed by atoms with Crippen molar-refractivity contribution in [3.63, 3.8) is 0 Å². The second-order valence-electron chi connectivity index (χ2n) is 2.03. The van der Waals surface area contributed by atoms with Crippen molar-refractivity contribution in [1.82, 2.24) is 0 Å². The molecule has 0 atom stereocenters. The van der Waals surface area contributed by atoms with Crippen LogP contribution in [0.1, 0.15) is 27.2 Å². The minimum Gasteiger partial charge on any atom is -0.702 e. The molecule has 0 fully saturated rings. The maximum absolute atomic E-state index is 10.8. The summed E-state index contributed by atoms with van der Waals surface area (Å²) >= 11 is 0. The number of carbonyl (C=O) groups excluding carboxylic acids is 1. The Bertz CT molecular complexity index is 148. The molecule has 0 heterocycles. The van der Waals surface area contributed by atoms with Gasteiger partial charge in [0.15, 0.2) is 5.78 Å². The van der Waals surface area contributed by atoms with E-state index in [-0.39, 0.29) is 38.5 Å². The van der Waals surface area contributed by atoms with Crippen LogP contribution in [-0.4, -0.2) is 5.78 Å². The minimum atomic E-state index is 0. The van der Waals surface area contributed by atoms with Gasteiger partial charge in [0.25, 0.3) is 0 Å². The predicted molar refractivity (Wildman–Crippen MR) is 38.0 cm³/mol. The molecule has 0 spiro atoms. The van der Waals surface area contributed by atoms with Gasteiger partial charge in [0.2, 0.25) is 0 Å². The molecule has 0 aromatic heterocycles. The molecule has 3 heteroatoms. The zero-order valence-electron chi connectivity index (χ0n) is 6.69. The van der Waals surface area contributed by atoms with E-state index in [2.05, 4.69) is 0 Å². The minimum absolute atomic E-state index is 0. The van der Waals surface area contributed by atoms with Crippen LogP contribution < -0.4 is 0 Å². The molecule has 0 aliphatic carbocycles. The van der Waals surface area contributed by atoms with Crippen molar-refractivity contribution in [3.05, 3.63) is 17.0 Å². The van der Waals surface area contributed by atoms with E-state index >= 15 is 0 Å². The van der Waals surface area contributed by atoms with Crippen molar-refractivity contribution >= 4 is 5.78 Å². The monoisotopic (exact) mass is 215 g/mol. The van der Waals surface area contributed by atoms with E-state index in [0.717, 1.165) is 0 Å². The van der Waals surface area contributed by atoms with E-state index in [1.54, 1.807) is 20.8 Å². The van der Waals surface area contributed by atoms with E-state index in [1.807, 2.05) is 0 Å². The SMILES string of the molecule is CCC(=O)/C(C)=C(/C)[NH-].[Y]. The number of nitrogens with one attached hydrogen (secondary N) is 1. The molecular weight excluding hydrogens is 203 g/mol. The van der Waals surface area contributed by atoms with Gasteiger partial charge >= 0.3 is 0 Å². The van der Waals surface area contributed by atoms with Crippen molar-refractivity contribution in [2.24, 2.45) is 0 Å². The van der Waals surface area contributed by atoms with Crippen molar-refractivity contribution in [3.8, 4) is 0 Å². The molecule has 1 N–H and O–H groups in total. The molecule has 0 aliphatic heterocycles.